The molecule has 517 valence electrons. The van der Waals surface area contributed by atoms with E-state index in [1.165, 1.54) is 146 Å². The van der Waals surface area contributed by atoms with Crippen LogP contribution in [0.2, 0.25) is 0 Å². The number of aromatic nitrogens is 1. The highest BCUT2D eigenvalue weighted by Crippen LogP contribution is 2.56. The number of nitrogens with one attached hydrogen (secondary N) is 1. The first-order valence-corrected chi connectivity index (χ1v) is 38.9. The standard InChI is InChI=1S/C50H34N2S.C32H23NS.C20H17N.B/c1-50(44-22-9-5-18-38(44)39-19-6-10-23-45(39)50)33-14-13-17-35(30-33)51(37-26-28-42-41-21-8-12-25-48(41)53-49(42)32-37)36-27-29-47-43(31-36)40-20-7-11-24-46(40)52(47)34-15-3-2-4-16-34;1-32(28-14-5-2-11-24(28)25-12-3-6-15-29(25)32)21-9-8-10-22(19-21)33-23-17-18-27-26-13-4-7-16-30(26)34-31(27)20-23;1-20(14-7-6-8-15(21)13-14)18-11-4-2-9-16(18)17-10-3-5-12-19(17)20;/h2-32H,1H3;2-20,33H,1H3;2-13H,21H2,1H3;. The van der Waals surface area contributed by atoms with Crippen molar-refractivity contribution < 1.29 is 0 Å². The van der Waals surface area contributed by atoms with Gasteiger partial charge in [0.1, 0.15) is 0 Å². The minimum absolute atomic E-state index is 0. The van der Waals surface area contributed by atoms with Gasteiger partial charge in [-0.05, 0) is 213 Å². The number of benzene rings is 16. The zero-order valence-corrected chi connectivity index (χ0v) is 62.3. The normalized spacial score (nSPS) is 13.5. The highest BCUT2D eigenvalue weighted by atomic mass is 32.1. The Balaban J connectivity index is 0.000000123. The lowest BCUT2D eigenvalue weighted by Gasteiger charge is -2.31. The minimum atomic E-state index is -0.294. The Kier molecular flexibility index (Phi) is 16.3. The van der Waals surface area contributed by atoms with E-state index >= 15 is 0 Å². The molecule has 0 atom stereocenters. The predicted molar refractivity (Wildman–Crippen MR) is 466 cm³/mol. The Labute approximate surface area is 645 Å². The first-order valence-electron chi connectivity index (χ1n) is 37.2. The fourth-order valence-corrected chi connectivity index (χ4v) is 20.5. The summed E-state index contributed by atoms with van der Waals surface area (Å²) in [5.74, 6) is 0. The average Bonchev–Trinajstić information content (AvgIpc) is 1.56. The second-order valence-corrected chi connectivity index (χ2v) is 31.5. The van der Waals surface area contributed by atoms with Crippen LogP contribution in [0.4, 0.5) is 34.1 Å². The molecule has 0 saturated heterocycles. The molecule has 3 aliphatic rings. The molecule has 16 aromatic carbocycles. The number of fused-ring (bicyclic) bond motifs is 18. The van der Waals surface area contributed by atoms with E-state index in [2.05, 4.69) is 400 Å². The molecule has 3 N–H and O–H groups in total. The smallest absolute Gasteiger partial charge is 0.0542 e. The van der Waals surface area contributed by atoms with E-state index in [4.69, 9.17) is 5.73 Å². The van der Waals surface area contributed by atoms with Crippen molar-refractivity contribution in [3.05, 3.63) is 426 Å². The summed E-state index contributed by atoms with van der Waals surface area (Å²) in [6.45, 7) is 7.06. The lowest BCUT2D eigenvalue weighted by atomic mass is 9.74. The van der Waals surface area contributed by atoms with Crippen LogP contribution in [-0.2, 0) is 16.2 Å². The molecule has 3 radical (unpaired) electrons. The Morgan fingerprint density at radius 3 is 1.18 bits per heavy atom. The number of nitrogens with zero attached hydrogens (tertiary/aromatic N) is 2. The molecule has 7 heteroatoms. The van der Waals surface area contributed by atoms with Crippen LogP contribution in [0, 0.1) is 0 Å². The summed E-state index contributed by atoms with van der Waals surface area (Å²) in [7, 11) is 0. The van der Waals surface area contributed by atoms with Crippen molar-refractivity contribution >= 4 is 127 Å². The maximum Gasteiger partial charge on any atom is 0.0542 e. The predicted octanol–water partition coefficient (Wildman–Crippen LogP) is 27.3. The van der Waals surface area contributed by atoms with Gasteiger partial charge in [0.05, 0.1) is 11.0 Å². The average molecular weight is 1430 g/mol. The lowest BCUT2D eigenvalue weighted by Crippen LogP contribution is -2.23. The summed E-state index contributed by atoms with van der Waals surface area (Å²) in [6, 6.07) is 137. The summed E-state index contributed by atoms with van der Waals surface area (Å²) in [4.78, 5) is 2.46. The topological polar surface area (TPSA) is 46.2 Å². The number of rotatable bonds is 9. The molecule has 22 rings (SSSR count). The fraction of sp³-hybridized carbons (Fsp3) is 0.0588. The number of hydrogen-bond acceptors (Lipinski definition) is 5. The first-order chi connectivity index (χ1) is 53.1. The lowest BCUT2D eigenvalue weighted by molar-refractivity contribution is 0.714. The molecule has 3 heterocycles. The SMILES string of the molecule is CC1(c2cccc(N(c3ccc4c(c3)sc3ccccc34)c3ccc4c(c3)c3ccccc3n4-c3ccccc3)c2)c2ccccc2-c2ccccc21.CC1(c2cccc(N)c2)c2ccccc2-c2ccccc21.CC1(c2cccc(Nc3ccc4c(c3)sc3ccccc34)c2)c2ccccc2-c2ccccc21.[B]. The molecule has 3 aliphatic carbocycles. The number of thiophene rings is 2. The summed E-state index contributed by atoms with van der Waals surface area (Å²) in [5.41, 5.74) is 35.4. The molecule has 0 bridgehead atoms. The molecule has 4 nitrogen and oxygen atoms in total. The van der Waals surface area contributed by atoms with Crippen LogP contribution in [0.25, 0.3) is 101 Å². The Hall–Kier alpha value is -12.8. The van der Waals surface area contributed by atoms with Crippen LogP contribution < -0.4 is 16.0 Å². The van der Waals surface area contributed by atoms with Crippen molar-refractivity contribution in [2.75, 3.05) is 16.0 Å². The number of nitrogen functional groups attached to an aromatic ring is 1. The van der Waals surface area contributed by atoms with E-state index in [9.17, 15) is 0 Å². The molecule has 19 aromatic rings. The second kappa shape index (κ2) is 26.6. The van der Waals surface area contributed by atoms with E-state index in [0.717, 1.165) is 39.8 Å². The van der Waals surface area contributed by atoms with Gasteiger partial charge in [-0.25, -0.2) is 0 Å². The summed E-state index contributed by atoms with van der Waals surface area (Å²) >= 11 is 3.72. The number of anilines is 6. The zero-order chi connectivity index (χ0) is 72.2. The maximum atomic E-state index is 6.03. The van der Waals surface area contributed by atoms with Crippen LogP contribution in [0.1, 0.15) is 70.8 Å². The summed E-state index contributed by atoms with van der Waals surface area (Å²) in [5, 5.41) is 11.4. The monoisotopic (exact) mass is 1430 g/mol. The minimum Gasteiger partial charge on any atom is -0.399 e. The quantitative estimate of drug-likeness (QED) is 0.112. The van der Waals surface area contributed by atoms with E-state index in [0.29, 0.717) is 0 Å². The van der Waals surface area contributed by atoms with Crippen LogP contribution in [0.15, 0.2) is 376 Å². The molecule has 0 amide bonds. The number of nitrogens with two attached hydrogens (primary N) is 1. The van der Waals surface area contributed by atoms with Gasteiger partial charge >= 0.3 is 0 Å². The Morgan fingerprint density at radius 1 is 0.275 bits per heavy atom. The van der Waals surface area contributed by atoms with Crippen molar-refractivity contribution in [1.29, 1.82) is 0 Å². The van der Waals surface area contributed by atoms with Gasteiger partial charge in [0.25, 0.3) is 0 Å². The summed E-state index contributed by atoms with van der Waals surface area (Å²) < 4.78 is 7.64. The molecular formula is C102H74BN4S2. The molecule has 3 aromatic heterocycles. The Bertz CT molecular complexity index is 6640. The highest BCUT2D eigenvalue weighted by Gasteiger charge is 2.43. The third-order valence-electron chi connectivity index (χ3n) is 23.5. The van der Waals surface area contributed by atoms with Gasteiger partial charge in [0.15, 0.2) is 0 Å². The zero-order valence-electron chi connectivity index (χ0n) is 60.7. The van der Waals surface area contributed by atoms with E-state index in [-0.39, 0.29) is 24.7 Å². The third kappa shape index (κ3) is 10.8. The van der Waals surface area contributed by atoms with Crippen molar-refractivity contribution in [2.45, 2.75) is 37.0 Å². The molecule has 0 saturated carbocycles. The van der Waals surface area contributed by atoms with E-state index in [1.807, 2.05) is 34.8 Å². The highest BCUT2D eigenvalue weighted by molar-refractivity contribution is 7.26. The van der Waals surface area contributed by atoms with Crippen molar-refractivity contribution in [1.82, 2.24) is 4.57 Å². The Morgan fingerprint density at radius 2 is 0.651 bits per heavy atom. The molecule has 0 aliphatic heterocycles. The van der Waals surface area contributed by atoms with Crippen molar-refractivity contribution in [3.8, 4) is 39.1 Å². The van der Waals surface area contributed by atoms with Crippen LogP contribution in [0.5, 0.6) is 0 Å². The van der Waals surface area contributed by atoms with Gasteiger partial charge in [-0.1, -0.05) is 267 Å². The molecule has 0 unspecified atom stereocenters. The van der Waals surface area contributed by atoms with Crippen molar-refractivity contribution in [3.63, 3.8) is 0 Å². The van der Waals surface area contributed by atoms with Crippen LogP contribution >= 0.6 is 22.7 Å². The van der Waals surface area contributed by atoms with Gasteiger partial charge < -0.3 is 20.5 Å². The third-order valence-corrected chi connectivity index (χ3v) is 25.7. The largest absolute Gasteiger partial charge is 0.399 e. The van der Waals surface area contributed by atoms with Gasteiger partial charge in [-0.2, -0.15) is 0 Å². The van der Waals surface area contributed by atoms with E-state index in [1.54, 1.807) is 0 Å². The van der Waals surface area contributed by atoms with Gasteiger partial charge in [0, 0.05) is 116 Å². The fourth-order valence-electron chi connectivity index (χ4n) is 18.2. The summed E-state index contributed by atoms with van der Waals surface area (Å²) in [6.07, 6.45) is 0. The number of hydrogen-bond donors (Lipinski definition) is 2. The van der Waals surface area contributed by atoms with Gasteiger partial charge in [-0.3, -0.25) is 0 Å². The molecular weight excluding hydrogens is 1360 g/mol. The van der Waals surface area contributed by atoms with Crippen LogP contribution in [-0.4, -0.2) is 13.0 Å². The van der Waals surface area contributed by atoms with Crippen LogP contribution in [0.3, 0.4) is 0 Å². The van der Waals surface area contributed by atoms with E-state index < -0.39 is 0 Å². The van der Waals surface area contributed by atoms with Crippen molar-refractivity contribution in [2.24, 2.45) is 0 Å². The maximum absolute atomic E-state index is 6.03. The van der Waals surface area contributed by atoms with Gasteiger partial charge in [0.2, 0.25) is 0 Å². The second-order valence-electron chi connectivity index (χ2n) is 29.3. The molecule has 109 heavy (non-hydrogen) atoms. The molecule has 0 fully saturated rings. The van der Waals surface area contributed by atoms with Gasteiger partial charge in [-0.15, -0.1) is 22.7 Å². The number of para-hydroxylation sites is 2. The molecule has 0 spiro atoms. The first kappa shape index (κ1) is 66.9.